The number of anilines is 3. The minimum atomic E-state index is -0.284. The fraction of sp³-hybridized carbons (Fsp3) is 0.0667. The molecule has 2 aromatic heterocycles. The van der Waals surface area contributed by atoms with Crippen molar-refractivity contribution in [1.29, 1.82) is 0 Å². The quantitative estimate of drug-likeness (QED) is 0.749. The van der Waals surface area contributed by atoms with Gasteiger partial charge in [-0.05, 0) is 30.3 Å². The van der Waals surface area contributed by atoms with Crippen LogP contribution < -0.4 is 15.4 Å². The second-order valence-corrected chi connectivity index (χ2v) is 5.28. The van der Waals surface area contributed by atoms with E-state index < -0.39 is 0 Å². The third-order valence-corrected chi connectivity index (χ3v) is 3.63. The Balaban J connectivity index is 1.66. The lowest BCUT2D eigenvalue weighted by molar-refractivity contribution is 0.102. The first kappa shape index (κ1) is 14.9. The van der Waals surface area contributed by atoms with E-state index in [4.69, 9.17) is 4.74 Å². The van der Waals surface area contributed by atoms with Crippen LogP contribution in [-0.2, 0) is 0 Å². The molecule has 1 amide bonds. The van der Waals surface area contributed by atoms with Crippen LogP contribution >= 0.6 is 11.3 Å². The van der Waals surface area contributed by atoms with Crippen molar-refractivity contribution >= 4 is 34.0 Å². The molecule has 3 rings (SSSR count). The molecule has 8 heteroatoms. The third kappa shape index (κ3) is 3.80. The highest BCUT2D eigenvalue weighted by atomic mass is 32.1. The average molecular weight is 327 g/mol. The number of hydrogen-bond acceptors (Lipinski definition) is 7. The number of benzene rings is 1. The zero-order valence-electron chi connectivity index (χ0n) is 12.2. The van der Waals surface area contributed by atoms with Gasteiger partial charge in [-0.25, -0.2) is 15.0 Å². The molecule has 0 unspecified atom stereocenters. The van der Waals surface area contributed by atoms with Crippen molar-refractivity contribution in [2.75, 3.05) is 17.7 Å². The van der Waals surface area contributed by atoms with Gasteiger partial charge in [-0.1, -0.05) is 0 Å². The average Bonchev–Trinajstić information content (AvgIpc) is 3.05. The number of amides is 1. The number of ether oxygens (including phenoxy) is 1. The summed E-state index contributed by atoms with van der Waals surface area (Å²) in [5, 5.41) is 7.95. The fourth-order valence-corrected chi connectivity index (χ4v) is 2.45. The van der Waals surface area contributed by atoms with Crippen molar-refractivity contribution in [3.8, 4) is 5.75 Å². The molecule has 0 saturated heterocycles. The van der Waals surface area contributed by atoms with E-state index >= 15 is 0 Å². The van der Waals surface area contributed by atoms with Crippen molar-refractivity contribution in [2.45, 2.75) is 0 Å². The van der Waals surface area contributed by atoms with Crippen LogP contribution in [0.25, 0.3) is 0 Å². The van der Waals surface area contributed by atoms with Gasteiger partial charge in [0, 0.05) is 23.5 Å². The van der Waals surface area contributed by atoms with Gasteiger partial charge in [0.1, 0.15) is 11.4 Å². The van der Waals surface area contributed by atoms with Gasteiger partial charge in [0.2, 0.25) is 5.95 Å². The maximum atomic E-state index is 12.2. The van der Waals surface area contributed by atoms with E-state index in [0.29, 0.717) is 22.5 Å². The number of hydrogen-bond donors (Lipinski definition) is 2. The highest BCUT2D eigenvalue weighted by Gasteiger charge is 2.11. The van der Waals surface area contributed by atoms with Gasteiger partial charge in [-0.3, -0.25) is 4.79 Å². The van der Waals surface area contributed by atoms with Crippen LogP contribution in [0, 0.1) is 0 Å². The molecule has 0 aliphatic heterocycles. The van der Waals surface area contributed by atoms with Gasteiger partial charge in [0.15, 0.2) is 5.13 Å². The third-order valence-electron chi connectivity index (χ3n) is 2.87. The van der Waals surface area contributed by atoms with Gasteiger partial charge >= 0.3 is 0 Å². The molecule has 7 nitrogen and oxygen atoms in total. The summed E-state index contributed by atoms with van der Waals surface area (Å²) in [7, 11) is 1.59. The molecule has 116 valence electrons. The lowest BCUT2D eigenvalue weighted by atomic mass is 10.3. The van der Waals surface area contributed by atoms with Crippen LogP contribution in [0.3, 0.4) is 0 Å². The predicted octanol–water partition coefficient (Wildman–Crippen LogP) is 2.94. The maximum Gasteiger partial charge on any atom is 0.275 e. The molecule has 0 atom stereocenters. The molecule has 0 spiro atoms. The number of methoxy groups -OCH3 is 1. The molecule has 0 aliphatic rings. The van der Waals surface area contributed by atoms with Gasteiger partial charge < -0.3 is 15.4 Å². The first-order chi connectivity index (χ1) is 11.2. The summed E-state index contributed by atoms with van der Waals surface area (Å²) in [6, 6.07) is 8.80. The largest absolute Gasteiger partial charge is 0.497 e. The van der Waals surface area contributed by atoms with Crippen LogP contribution in [0.4, 0.5) is 16.8 Å². The molecule has 1 aromatic carbocycles. The van der Waals surface area contributed by atoms with Crippen LogP contribution in [0.15, 0.2) is 48.1 Å². The molecule has 0 bridgehead atoms. The Hall–Kier alpha value is -3.00. The molecule has 0 fully saturated rings. The fourth-order valence-electron chi connectivity index (χ4n) is 1.76. The van der Waals surface area contributed by atoms with Crippen molar-refractivity contribution in [3.05, 3.63) is 53.8 Å². The first-order valence-corrected chi connectivity index (χ1v) is 7.57. The molecular formula is C15H13N5O2S. The number of nitrogens with zero attached hydrogens (tertiary/aromatic N) is 3. The molecular weight excluding hydrogens is 314 g/mol. The Morgan fingerprint density at radius 1 is 1.17 bits per heavy atom. The zero-order valence-corrected chi connectivity index (χ0v) is 13.0. The van der Waals surface area contributed by atoms with Gasteiger partial charge in [-0.15, -0.1) is 11.3 Å². The minimum Gasteiger partial charge on any atom is -0.497 e. The van der Waals surface area contributed by atoms with Crippen molar-refractivity contribution in [3.63, 3.8) is 0 Å². The highest BCUT2D eigenvalue weighted by molar-refractivity contribution is 7.14. The van der Waals surface area contributed by atoms with E-state index in [1.165, 1.54) is 11.3 Å². The maximum absolute atomic E-state index is 12.2. The SMILES string of the molecule is COc1ccc(NC(=O)c2csc(Nc3ncccn3)n2)cc1. The topological polar surface area (TPSA) is 89.0 Å². The number of carbonyl (C=O) groups excluding carboxylic acids is 1. The Morgan fingerprint density at radius 3 is 2.61 bits per heavy atom. The van der Waals surface area contributed by atoms with E-state index in [9.17, 15) is 4.79 Å². The first-order valence-electron chi connectivity index (χ1n) is 6.69. The van der Waals surface area contributed by atoms with Crippen molar-refractivity contribution in [1.82, 2.24) is 15.0 Å². The minimum absolute atomic E-state index is 0.284. The number of rotatable bonds is 5. The second-order valence-electron chi connectivity index (χ2n) is 4.42. The number of thiazole rings is 1. The van der Waals surface area contributed by atoms with Crippen LogP contribution in [0.2, 0.25) is 0 Å². The Morgan fingerprint density at radius 2 is 1.91 bits per heavy atom. The molecule has 0 radical (unpaired) electrons. The van der Waals surface area contributed by atoms with Crippen molar-refractivity contribution < 1.29 is 9.53 Å². The molecule has 2 N–H and O–H groups in total. The summed E-state index contributed by atoms with van der Waals surface area (Å²) in [6.07, 6.45) is 3.25. The van der Waals surface area contributed by atoms with E-state index in [1.807, 2.05) is 0 Å². The number of nitrogens with one attached hydrogen (secondary N) is 2. The molecule has 3 aromatic rings. The van der Waals surface area contributed by atoms with Gasteiger partial charge in [0.05, 0.1) is 7.11 Å². The standard InChI is InChI=1S/C15H13N5O2S/c1-22-11-5-3-10(4-6-11)18-13(21)12-9-23-15(19-12)20-14-16-7-2-8-17-14/h2-9H,1H3,(H,18,21)(H,16,17,19,20). The highest BCUT2D eigenvalue weighted by Crippen LogP contribution is 2.20. The molecule has 0 saturated carbocycles. The summed E-state index contributed by atoms with van der Waals surface area (Å²) in [4.78, 5) is 24.5. The van der Waals surface area contributed by atoms with Crippen LogP contribution in [0.1, 0.15) is 10.5 Å². The smallest absolute Gasteiger partial charge is 0.275 e. The van der Waals surface area contributed by atoms with Crippen LogP contribution in [-0.4, -0.2) is 28.0 Å². The summed E-state index contributed by atoms with van der Waals surface area (Å²) in [5.74, 6) is 0.878. The Bertz CT molecular complexity index is 789. The van der Waals surface area contributed by atoms with Crippen molar-refractivity contribution in [2.24, 2.45) is 0 Å². The van der Waals surface area contributed by atoms with Gasteiger partial charge in [0.25, 0.3) is 5.91 Å². The summed E-state index contributed by atoms with van der Waals surface area (Å²) in [6.45, 7) is 0. The Kier molecular flexibility index (Phi) is 4.44. The van der Waals surface area contributed by atoms with Gasteiger partial charge in [-0.2, -0.15) is 0 Å². The normalized spacial score (nSPS) is 10.1. The number of carbonyl (C=O) groups is 1. The number of aromatic nitrogens is 3. The zero-order chi connectivity index (χ0) is 16.1. The lowest BCUT2D eigenvalue weighted by Crippen LogP contribution is -2.12. The summed E-state index contributed by atoms with van der Waals surface area (Å²) in [5.41, 5.74) is 0.994. The second kappa shape index (κ2) is 6.84. The van der Waals surface area contributed by atoms with Crippen LogP contribution in [0.5, 0.6) is 5.75 Å². The monoisotopic (exact) mass is 327 g/mol. The summed E-state index contributed by atoms with van der Waals surface area (Å²) >= 11 is 1.31. The Labute approximate surface area is 136 Å². The molecule has 0 aliphatic carbocycles. The predicted molar refractivity (Wildman–Crippen MR) is 88.4 cm³/mol. The lowest BCUT2D eigenvalue weighted by Gasteiger charge is -2.04. The van der Waals surface area contributed by atoms with E-state index in [1.54, 1.807) is 55.2 Å². The molecule has 2 heterocycles. The van der Waals surface area contributed by atoms with E-state index in [-0.39, 0.29) is 5.91 Å². The molecule has 23 heavy (non-hydrogen) atoms. The summed E-state index contributed by atoms with van der Waals surface area (Å²) < 4.78 is 5.08. The van der Waals surface area contributed by atoms with E-state index in [2.05, 4.69) is 25.6 Å². The van der Waals surface area contributed by atoms with E-state index in [0.717, 1.165) is 5.75 Å².